The maximum absolute atomic E-state index is 5.27. The Morgan fingerprint density at radius 2 is 1.15 bits per heavy atom. The summed E-state index contributed by atoms with van der Waals surface area (Å²) in [5, 5.41) is 0. The van der Waals surface area contributed by atoms with Crippen LogP contribution < -0.4 is 9.80 Å². The molecule has 226 valence electrons. The Labute approximate surface area is 275 Å². The van der Waals surface area contributed by atoms with Gasteiger partial charge in [-0.2, -0.15) is 9.97 Å². The van der Waals surface area contributed by atoms with Crippen molar-refractivity contribution in [1.29, 1.82) is 0 Å². The Hall–Kier alpha value is -5.81. The third-order valence-corrected chi connectivity index (χ3v) is 9.82. The average molecular weight is 608 g/mol. The number of rotatable bonds is 4. The van der Waals surface area contributed by atoms with E-state index < -0.39 is 0 Å². The molecular formula is C42H33N5. The van der Waals surface area contributed by atoms with Crippen molar-refractivity contribution in [2.45, 2.75) is 31.2 Å². The first-order chi connectivity index (χ1) is 23.1. The minimum Gasteiger partial charge on any atom is -0.332 e. The Bertz CT molecular complexity index is 2130. The number of allylic oxidation sites excluding steroid dienone is 2. The maximum Gasteiger partial charge on any atom is 0.238 e. The summed E-state index contributed by atoms with van der Waals surface area (Å²) in [7, 11) is 0. The highest BCUT2D eigenvalue weighted by atomic mass is 15.3. The van der Waals surface area contributed by atoms with E-state index in [0.29, 0.717) is 17.6 Å². The van der Waals surface area contributed by atoms with Gasteiger partial charge in [-0.05, 0) is 34.9 Å². The lowest BCUT2D eigenvalue weighted by atomic mass is 9.72. The number of para-hydroxylation sites is 2. The lowest BCUT2D eigenvalue weighted by molar-refractivity contribution is 0.630. The van der Waals surface area contributed by atoms with Crippen LogP contribution in [0, 0.1) is 0 Å². The molecule has 0 bridgehead atoms. The molecule has 47 heavy (non-hydrogen) atoms. The Morgan fingerprint density at radius 3 is 1.83 bits per heavy atom. The molecule has 0 radical (unpaired) electrons. The van der Waals surface area contributed by atoms with Crippen molar-refractivity contribution >= 4 is 28.7 Å². The molecule has 0 fully saturated rings. The van der Waals surface area contributed by atoms with E-state index in [0.717, 1.165) is 28.2 Å². The van der Waals surface area contributed by atoms with Gasteiger partial charge in [-0.1, -0.05) is 147 Å². The van der Waals surface area contributed by atoms with Crippen molar-refractivity contribution in [3.05, 3.63) is 168 Å². The van der Waals surface area contributed by atoms with E-state index in [2.05, 4.69) is 139 Å². The molecule has 5 nitrogen and oxygen atoms in total. The van der Waals surface area contributed by atoms with Gasteiger partial charge in [0.2, 0.25) is 5.95 Å². The summed E-state index contributed by atoms with van der Waals surface area (Å²) in [5.74, 6) is 2.11. The van der Waals surface area contributed by atoms with Crippen LogP contribution in [0.15, 0.2) is 152 Å². The van der Waals surface area contributed by atoms with Crippen LogP contribution in [0.25, 0.3) is 22.8 Å². The predicted molar refractivity (Wildman–Crippen MR) is 191 cm³/mol. The standard InChI is InChI=1S/C42H33N5/c1-42(2)33-23-13-15-25-36(33)47(41-44-39(28-16-6-3-7-17-28)43-40(45-41)29-18-8-4-9-19-29)38-34(42)27-26-32-31-22-12-14-24-35(31)46(37(32)38)30-20-10-5-11-21-30/h3-27,31,35H,1-2H3. The van der Waals surface area contributed by atoms with Crippen LogP contribution in [0.4, 0.5) is 28.7 Å². The molecule has 0 amide bonds. The molecular weight excluding hydrogens is 574 g/mol. The lowest BCUT2D eigenvalue weighted by Crippen LogP contribution is -2.34. The molecule has 6 aromatic rings. The highest BCUT2D eigenvalue weighted by Gasteiger charge is 2.46. The number of fused-ring (bicyclic) bond motifs is 6. The number of anilines is 5. The summed E-state index contributed by atoms with van der Waals surface area (Å²) in [6.07, 6.45) is 9.03. The fourth-order valence-corrected chi connectivity index (χ4v) is 7.58. The summed E-state index contributed by atoms with van der Waals surface area (Å²) >= 11 is 0. The molecule has 0 saturated carbocycles. The van der Waals surface area contributed by atoms with Crippen LogP contribution in [-0.4, -0.2) is 21.0 Å². The molecule has 5 heteroatoms. The zero-order valence-corrected chi connectivity index (χ0v) is 26.3. The minimum absolute atomic E-state index is 0.157. The smallest absolute Gasteiger partial charge is 0.238 e. The van der Waals surface area contributed by atoms with Crippen molar-refractivity contribution in [1.82, 2.24) is 15.0 Å². The van der Waals surface area contributed by atoms with Gasteiger partial charge in [-0.3, -0.25) is 4.90 Å². The maximum atomic E-state index is 5.27. The first-order valence-corrected chi connectivity index (χ1v) is 16.2. The fourth-order valence-electron chi connectivity index (χ4n) is 7.58. The molecule has 0 saturated heterocycles. The number of benzene rings is 5. The molecule has 3 heterocycles. The van der Waals surface area contributed by atoms with Crippen molar-refractivity contribution < 1.29 is 0 Å². The lowest BCUT2D eigenvalue weighted by Gasteiger charge is -2.43. The van der Waals surface area contributed by atoms with Gasteiger partial charge in [0.05, 0.1) is 23.1 Å². The summed E-state index contributed by atoms with van der Waals surface area (Å²) in [4.78, 5) is 20.4. The zero-order valence-electron chi connectivity index (χ0n) is 26.3. The van der Waals surface area contributed by atoms with Crippen molar-refractivity contribution in [2.75, 3.05) is 9.80 Å². The molecule has 2 atom stereocenters. The normalized spacial score (nSPS) is 18.3. The topological polar surface area (TPSA) is 45.2 Å². The second-order valence-electron chi connectivity index (χ2n) is 12.9. The van der Waals surface area contributed by atoms with Gasteiger partial charge < -0.3 is 4.90 Å². The molecule has 3 aliphatic rings. The van der Waals surface area contributed by atoms with Crippen LogP contribution in [0.5, 0.6) is 0 Å². The van der Waals surface area contributed by atoms with E-state index in [1.54, 1.807) is 0 Å². The number of nitrogens with zero attached hydrogens (tertiary/aromatic N) is 5. The summed E-state index contributed by atoms with van der Waals surface area (Å²) in [6, 6.07) is 44.7. The highest BCUT2D eigenvalue weighted by molar-refractivity contribution is 5.97. The first kappa shape index (κ1) is 27.5. The Kier molecular flexibility index (Phi) is 6.22. The van der Waals surface area contributed by atoms with Crippen molar-refractivity contribution in [3.63, 3.8) is 0 Å². The van der Waals surface area contributed by atoms with Crippen molar-refractivity contribution in [3.8, 4) is 22.8 Å². The fraction of sp³-hybridized carbons (Fsp3) is 0.119. The molecule has 0 N–H and O–H groups in total. The molecule has 0 spiro atoms. The van der Waals surface area contributed by atoms with Gasteiger partial charge >= 0.3 is 0 Å². The quantitative estimate of drug-likeness (QED) is 0.200. The van der Waals surface area contributed by atoms with Gasteiger partial charge in [0, 0.05) is 28.1 Å². The minimum atomic E-state index is -0.267. The number of hydrogen-bond donors (Lipinski definition) is 0. The second-order valence-corrected chi connectivity index (χ2v) is 12.9. The van der Waals surface area contributed by atoms with E-state index in [1.165, 1.54) is 22.4 Å². The summed E-state index contributed by atoms with van der Waals surface area (Å²) < 4.78 is 0. The first-order valence-electron chi connectivity index (χ1n) is 16.2. The number of aromatic nitrogens is 3. The Morgan fingerprint density at radius 1 is 0.553 bits per heavy atom. The highest BCUT2D eigenvalue weighted by Crippen LogP contribution is 2.60. The molecule has 1 aromatic heterocycles. The molecule has 2 unspecified atom stereocenters. The summed E-state index contributed by atoms with van der Waals surface area (Å²) in [6.45, 7) is 4.67. The van der Waals surface area contributed by atoms with E-state index in [4.69, 9.17) is 15.0 Å². The average Bonchev–Trinajstić information content (AvgIpc) is 3.47. The third kappa shape index (κ3) is 4.27. The molecule has 1 aliphatic carbocycles. The van der Waals surface area contributed by atoms with Gasteiger partial charge in [-0.15, -0.1) is 0 Å². The van der Waals surface area contributed by atoms with E-state index in [9.17, 15) is 0 Å². The van der Waals surface area contributed by atoms with Crippen LogP contribution in [0.2, 0.25) is 0 Å². The molecule has 2 aliphatic heterocycles. The monoisotopic (exact) mass is 607 g/mol. The van der Waals surface area contributed by atoms with Crippen LogP contribution in [0.1, 0.15) is 36.5 Å². The molecule has 9 rings (SSSR count). The van der Waals surface area contributed by atoms with Crippen LogP contribution in [-0.2, 0) is 5.41 Å². The van der Waals surface area contributed by atoms with Gasteiger partial charge in [0.1, 0.15) is 0 Å². The van der Waals surface area contributed by atoms with Gasteiger partial charge in [0.25, 0.3) is 0 Å². The van der Waals surface area contributed by atoms with Gasteiger partial charge in [-0.25, -0.2) is 4.98 Å². The van der Waals surface area contributed by atoms with Crippen molar-refractivity contribution in [2.24, 2.45) is 0 Å². The summed E-state index contributed by atoms with van der Waals surface area (Å²) in [5.41, 5.74) is 9.97. The van der Waals surface area contributed by atoms with E-state index >= 15 is 0 Å². The SMILES string of the molecule is CC1(C)c2ccccc2N(c2nc(-c3ccccc3)nc(-c3ccccc3)n2)c2c1ccc1c2N(c2ccccc2)C2C=CC=CC12. The van der Waals surface area contributed by atoms with Crippen LogP contribution in [0.3, 0.4) is 0 Å². The van der Waals surface area contributed by atoms with Gasteiger partial charge in [0.15, 0.2) is 11.6 Å². The largest absolute Gasteiger partial charge is 0.332 e. The number of hydrogen-bond acceptors (Lipinski definition) is 5. The second kappa shape index (κ2) is 10.6. The third-order valence-electron chi connectivity index (χ3n) is 9.82. The molecule has 5 aromatic carbocycles. The zero-order chi connectivity index (χ0) is 31.5. The predicted octanol–water partition coefficient (Wildman–Crippen LogP) is 10.0. The Balaban J connectivity index is 1.37. The van der Waals surface area contributed by atoms with Crippen LogP contribution >= 0.6 is 0 Å². The van der Waals surface area contributed by atoms with E-state index in [1.807, 2.05) is 36.4 Å². The van der Waals surface area contributed by atoms with E-state index in [-0.39, 0.29) is 17.4 Å².